The number of hydrogen-bond acceptors (Lipinski definition) is 7. The minimum atomic E-state index is -0.161. The van der Waals surface area contributed by atoms with Crippen molar-refractivity contribution in [3.63, 3.8) is 0 Å². The van der Waals surface area contributed by atoms with Crippen LogP contribution in [0.5, 0.6) is 11.5 Å². The summed E-state index contributed by atoms with van der Waals surface area (Å²) in [5.74, 6) is 1.69. The number of amides is 1. The summed E-state index contributed by atoms with van der Waals surface area (Å²) in [5.41, 5.74) is 9.03. The minimum absolute atomic E-state index is 0.161. The third-order valence-corrected chi connectivity index (χ3v) is 4.90. The second-order valence-corrected chi connectivity index (χ2v) is 7.03. The summed E-state index contributed by atoms with van der Waals surface area (Å²) in [6, 6.07) is 20.2. The van der Waals surface area contributed by atoms with E-state index in [4.69, 9.17) is 15.2 Å². The van der Waals surface area contributed by atoms with Crippen molar-refractivity contribution in [1.29, 1.82) is 0 Å². The van der Waals surface area contributed by atoms with E-state index >= 15 is 0 Å². The summed E-state index contributed by atoms with van der Waals surface area (Å²) in [4.78, 5) is 21.3. The average molecular weight is 429 g/mol. The van der Waals surface area contributed by atoms with E-state index in [1.807, 2.05) is 42.5 Å². The van der Waals surface area contributed by atoms with Gasteiger partial charge < -0.3 is 25.8 Å². The Balaban J connectivity index is 1.50. The highest BCUT2D eigenvalue weighted by Crippen LogP contribution is 2.33. The molecule has 0 aliphatic heterocycles. The largest absolute Gasteiger partial charge is 0.493 e. The van der Waals surface area contributed by atoms with Gasteiger partial charge >= 0.3 is 0 Å². The molecule has 0 unspecified atom stereocenters. The molecule has 0 bridgehead atoms. The van der Waals surface area contributed by atoms with Gasteiger partial charge in [0.05, 0.1) is 19.7 Å². The van der Waals surface area contributed by atoms with Gasteiger partial charge in [-0.2, -0.15) is 4.98 Å². The van der Waals surface area contributed by atoms with Crippen LogP contribution >= 0.6 is 0 Å². The SMILES string of the molecule is COc1cc2nc(NCc3cccc(NC(=O)c4ccccc4)c3)nc(N)c2cc1OC. The Bertz CT molecular complexity index is 1260. The van der Waals surface area contributed by atoms with Gasteiger partial charge in [-0.15, -0.1) is 0 Å². The Morgan fingerprint density at radius 2 is 1.69 bits per heavy atom. The first-order valence-corrected chi connectivity index (χ1v) is 9.96. The highest BCUT2D eigenvalue weighted by molar-refractivity contribution is 6.04. The molecule has 4 N–H and O–H groups in total. The number of anilines is 3. The molecule has 8 nitrogen and oxygen atoms in total. The first-order chi connectivity index (χ1) is 15.6. The van der Waals surface area contributed by atoms with E-state index in [9.17, 15) is 4.79 Å². The lowest BCUT2D eigenvalue weighted by Crippen LogP contribution is -2.12. The number of nitrogens with two attached hydrogens (primary N) is 1. The molecule has 4 aromatic rings. The fraction of sp³-hybridized carbons (Fsp3) is 0.125. The summed E-state index contributed by atoms with van der Waals surface area (Å²) in [6.07, 6.45) is 0. The molecule has 8 heteroatoms. The Morgan fingerprint density at radius 1 is 0.938 bits per heavy atom. The monoisotopic (exact) mass is 429 g/mol. The molecule has 1 heterocycles. The normalized spacial score (nSPS) is 10.6. The summed E-state index contributed by atoms with van der Waals surface area (Å²) in [5, 5.41) is 6.77. The summed E-state index contributed by atoms with van der Waals surface area (Å²) in [6.45, 7) is 0.452. The number of ether oxygens (including phenoxy) is 2. The number of methoxy groups -OCH3 is 2. The van der Waals surface area contributed by atoms with Gasteiger partial charge in [-0.05, 0) is 35.9 Å². The average Bonchev–Trinajstić information content (AvgIpc) is 2.82. The van der Waals surface area contributed by atoms with Gasteiger partial charge in [-0.25, -0.2) is 4.98 Å². The minimum Gasteiger partial charge on any atom is -0.493 e. The molecule has 0 atom stereocenters. The van der Waals surface area contributed by atoms with Gasteiger partial charge in [0.2, 0.25) is 5.95 Å². The van der Waals surface area contributed by atoms with Crippen LogP contribution in [0.15, 0.2) is 66.7 Å². The van der Waals surface area contributed by atoms with Crippen LogP contribution in [-0.2, 0) is 6.54 Å². The quantitative estimate of drug-likeness (QED) is 0.406. The molecule has 3 aromatic carbocycles. The number of benzene rings is 3. The molecule has 0 spiro atoms. The van der Waals surface area contributed by atoms with Crippen LogP contribution in [0.2, 0.25) is 0 Å². The van der Waals surface area contributed by atoms with Crippen LogP contribution < -0.4 is 25.8 Å². The Kier molecular flexibility index (Phi) is 6.03. The van der Waals surface area contributed by atoms with E-state index in [1.54, 1.807) is 38.5 Å². The van der Waals surface area contributed by atoms with Crippen LogP contribution in [0.25, 0.3) is 10.9 Å². The highest BCUT2D eigenvalue weighted by atomic mass is 16.5. The third kappa shape index (κ3) is 4.54. The second-order valence-electron chi connectivity index (χ2n) is 7.03. The van der Waals surface area contributed by atoms with Crippen molar-refractivity contribution in [2.24, 2.45) is 0 Å². The number of carbonyl (C=O) groups excluding carboxylic acids is 1. The zero-order valence-corrected chi connectivity index (χ0v) is 17.8. The van der Waals surface area contributed by atoms with E-state index in [0.29, 0.717) is 52.0 Å². The van der Waals surface area contributed by atoms with E-state index in [0.717, 1.165) is 5.56 Å². The van der Waals surface area contributed by atoms with Crippen molar-refractivity contribution in [3.8, 4) is 11.5 Å². The van der Waals surface area contributed by atoms with Crippen LogP contribution in [0, 0.1) is 0 Å². The predicted octanol–water partition coefficient (Wildman–Crippen LogP) is 4.09. The van der Waals surface area contributed by atoms with Crippen molar-refractivity contribution in [2.45, 2.75) is 6.54 Å². The van der Waals surface area contributed by atoms with E-state index in [-0.39, 0.29) is 5.91 Å². The van der Waals surface area contributed by atoms with Gasteiger partial charge in [0, 0.05) is 29.2 Å². The van der Waals surface area contributed by atoms with E-state index < -0.39 is 0 Å². The van der Waals surface area contributed by atoms with Gasteiger partial charge in [-0.3, -0.25) is 4.79 Å². The van der Waals surface area contributed by atoms with Crippen molar-refractivity contribution >= 4 is 34.3 Å². The lowest BCUT2D eigenvalue weighted by Gasteiger charge is -2.12. The first kappa shape index (κ1) is 20.9. The number of carbonyl (C=O) groups is 1. The van der Waals surface area contributed by atoms with Gasteiger partial charge in [0.15, 0.2) is 11.5 Å². The van der Waals surface area contributed by atoms with Crippen LogP contribution in [0.1, 0.15) is 15.9 Å². The maximum absolute atomic E-state index is 12.4. The molecule has 32 heavy (non-hydrogen) atoms. The number of nitrogens with zero attached hydrogens (tertiary/aromatic N) is 2. The molecule has 1 aromatic heterocycles. The summed E-state index contributed by atoms with van der Waals surface area (Å²) >= 11 is 0. The first-order valence-electron chi connectivity index (χ1n) is 9.96. The van der Waals surface area contributed by atoms with Crippen LogP contribution in [0.3, 0.4) is 0 Å². The number of hydrogen-bond donors (Lipinski definition) is 3. The second kappa shape index (κ2) is 9.22. The topological polar surface area (TPSA) is 111 Å². The van der Waals surface area contributed by atoms with Crippen LogP contribution in [0.4, 0.5) is 17.5 Å². The van der Waals surface area contributed by atoms with Gasteiger partial charge in [0.25, 0.3) is 5.91 Å². The molecule has 0 fully saturated rings. The fourth-order valence-corrected chi connectivity index (χ4v) is 3.29. The zero-order valence-electron chi connectivity index (χ0n) is 17.8. The molecule has 0 saturated carbocycles. The molecule has 0 radical (unpaired) electrons. The lowest BCUT2D eigenvalue weighted by molar-refractivity contribution is 0.102. The Labute approximate surface area is 185 Å². The molecule has 4 rings (SSSR count). The molecule has 0 saturated heterocycles. The maximum Gasteiger partial charge on any atom is 0.255 e. The molecule has 1 amide bonds. The molecular weight excluding hydrogens is 406 g/mol. The van der Waals surface area contributed by atoms with E-state index in [2.05, 4.69) is 20.6 Å². The summed E-state index contributed by atoms with van der Waals surface area (Å²) < 4.78 is 10.7. The molecule has 162 valence electrons. The van der Waals surface area contributed by atoms with Crippen LogP contribution in [-0.4, -0.2) is 30.1 Å². The predicted molar refractivity (Wildman–Crippen MR) is 125 cm³/mol. The van der Waals surface area contributed by atoms with Gasteiger partial charge in [-0.1, -0.05) is 30.3 Å². The highest BCUT2D eigenvalue weighted by Gasteiger charge is 2.12. The zero-order chi connectivity index (χ0) is 22.5. The lowest BCUT2D eigenvalue weighted by atomic mass is 10.1. The number of aromatic nitrogens is 2. The number of fused-ring (bicyclic) bond motifs is 1. The number of rotatable bonds is 7. The molecule has 0 aliphatic rings. The van der Waals surface area contributed by atoms with Gasteiger partial charge in [0.1, 0.15) is 5.82 Å². The van der Waals surface area contributed by atoms with Crippen molar-refractivity contribution in [2.75, 3.05) is 30.6 Å². The molecule has 0 aliphatic carbocycles. The summed E-state index contributed by atoms with van der Waals surface area (Å²) in [7, 11) is 3.13. The fourth-order valence-electron chi connectivity index (χ4n) is 3.29. The third-order valence-electron chi connectivity index (χ3n) is 4.90. The van der Waals surface area contributed by atoms with E-state index in [1.165, 1.54) is 0 Å². The van der Waals surface area contributed by atoms with Crippen molar-refractivity contribution in [1.82, 2.24) is 9.97 Å². The van der Waals surface area contributed by atoms with Crippen molar-refractivity contribution < 1.29 is 14.3 Å². The Morgan fingerprint density at radius 3 is 2.44 bits per heavy atom. The smallest absolute Gasteiger partial charge is 0.255 e. The molecular formula is C24H23N5O3. The number of nitrogens with one attached hydrogen (secondary N) is 2. The number of nitrogen functional groups attached to an aromatic ring is 1. The standard InChI is InChI=1S/C24H23N5O3/c1-31-20-12-18-19(13-21(20)32-2)28-24(29-22(18)25)26-14-15-7-6-10-17(11-15)27-23(30)16-8-4-3-5-9-16/h3-13H,14H2,1-2H3,(H,27,30)(H3,25,26,28,29). The Hall–Kier alpha value is -4.33. The van der Waals surface area contributed by atoms with Crippen molar-refractivity contribution in [3.05, 3.63) is 77.9 Å². The maximum atomic E-state index is 12.4.